The van der Waals surface area contributed by atoms with Gasteiger partial charge in [0.05, 0.1) is 18.1 Å². The van der Waals surface area contributed by atoms with Crippen molar-refractivity contribution in [1.29, 1.82) is 0 Å². The van der Waals surface area contributed by atoms with Crippen LogP contribution >= 0.6 is 90.7 Å². The lowest BCUT2D eigenvalue weighted by Crippen LogP contribution is -1.94. The second-order valence-corrected chi connectivity index (χ2v) is 27.1. The van der Waals surface area contributed by atoms with Crippen LogP contribution in [-0.4, -0.2) is 13.2 Å². The minimum absolute atomic E-state index is 0.216. The van der Waals surface area contributed by atoms with Gasteiger partial charge in [0.15, 0.2) is 6.29 Å². The van der Waals surface area contributed by atoms with Crippen LogP contribution in [0, 0.1) is 0 Å². The Labute approximate surface area is 445 Å². The van der Waals surface area contributed by atoms with E-state index in [2.05, 4.69) is 106 Å². The first-order valence-electron chi connectivity index (χ1n) is 26.1. The smallest absolute Gasteiger partial charge is 0.193 e. The van der Waals surface area contributed by atoms with Gasteiger partial charge < -0.3 is 9.47 Å². The Morgan fingerprint density at radius 3 is 1.13 bits per heavy atom. The van der Waals surface area contributed by atoms with Crippen molar-refractivity contribution < 1.29 is 9.47 Å². The Morgan fingerprint density at radius 1 is 0.348 bits per heavy atom. The topological polar surface area (TPSA) is 18.5 Å². The van der Waals surface area contributed by atoms with E-state index in [1.807, 2.05) is 90.7 Å². The molecule has 0 atom stereocenters. The number of aryl methyl sites for hydroxylation is 4. The van der Waals surface area contributed by atoms with Crippen LogP contribution in [0.5, 0.6) is 0 Å². The van der Waals surface area contributed by atoms with Crippen LogP contribution in [-0.2, 0) is 35.2 Å². The fraction of sp³-hybridized carbons (Fsp3) is 0.458. The lowest BCUT2D eigenvalue weighted by atomic mass is 10.0. The molecule has 0 N–H and O–H groups in total. The van der Waals surface area contributed by atoms with E-state index in [4.69, 9.17) is 9.47 Å². The van der Waals surface area contributed by atoms with Crippen LogP contribution < -0.4 is 0 Å². The third-order valence-corrected chi connectivity index (χ3v) is 23.5. The number of hydrogen-bond donors (Lipinski definition) is 0. The Morgan fingerprint density at radius 2 is 0.710 bits per heavy atom. The Balaban J connectivity index is 0.980. The van der Waals surface area contributed by atoms with Gasteiger partial charge in [0.2, 0.25) is 0 Å². The van der Waals surface area contributed by atoms with Gasteiger partial charge in [-0.3, -0.25) is 0 Å². The van der Waals surface area contributed by atoms with Crippen molar-refractivity contribution in [2.24, 2.45) is 0 Å². The molecular formula is C59H70O2S8. The monoisotopic (exact) mass is 1070 g/mol. The van der Waals surface area contributed by atoms with Crippen molar-refractivity contribution >= 4 is 90.7 Å². The first-order valence-corrected chi connectivity index (χ1v) is 32.7. The van der Waals surface area contributed by atoms with Crippen LogP contribution in [0.15, 0.2) is 78.2 Å². The predicted octanol–water partition coefficient (Wildman–Crippen LogP) is 22.4. The molecule has 1 fully saturated rings. The first-order chi connectivity index (χ1) is 34.0. The zero-order valence-corrected chi connectivity index (χ0v) is 47.8. The summed E-state index contributed by atoms with van der Waals surface area (Å²) in [4.78, 5) is 21.1. The highest BCUT2D eigenvalue weighted by Crippen LogP contribution is 2.51. The van der Waals surface area contributed by atoms with Gasteiger partial charge in [0, 0.05) is 68.3 Å². The summed E-state index contributed by atoms with van der Waals surface area (Å²) in [6.45, 7) is 10.6. The molecule has 2 nitrogen and oxygen atoms in total. The number of rotatable bonds is 28. The third-order valence-electron chi connectivity index (χ3n) is 13.3. The highest BCUT2D eigenvalue weighted by Gasteiger charge is 2.25. The maximum absolute atomic E-state index is 5.97. The molecule has 69 heavy (non-hydrogen) atoms. The summed E-state index contributed by atoms with van der Waals surface area (Å²) in [6.07, 6.45) is 25.0. The summed E-state index contributed by atoms with van der Waals surface area (Å²) in [5.74, 6) is 0. The molecule has 0 bridgehead atoms. The van der Waals surface area contributed by atoms with Crippen LogP contribution in [0.4, 0.5) is 0 Å². The summed E-state index contributed by atoms with van der Waals surface area (Å²) < 4.78 is 11.9. The van der Waals surface area contributed by atoms with Crippen LogP contribution in [0.2, 0.25) is 0 Å². The minimum Gasteiger partial charge on any atom is -0.345 e. The molecule has 1 aliphatic heterocycles. The van der Waals surface area contributed by atoms with E-state index in [1.165, 1.54) is 205 Å². The van der Waals surface area contributed by atoms with E-state index in [9.17, 15) is 0 Å². The molecule has 9 heterocycles. The van der Waals surface area contributed by atoms with Crippen molar-refractivity contribution in [2.75, 3.05) is 13.2 Å². The molecule has 1 aliphatic rings. The second-order valence-electron chi connectivity index (χ2n) is 18.7. The summed E-state index contributed by atoms with van der Waals surface area (Å²) in [6, 6.07) is 29.0. The Hall–Kier alpha value is -2.48. The highest BCUT2D eigenvalue weighted by atomic mass is 32.1. The van der Waals surface area contributed by atoms with Crippen molar-refractivity contribution in [1.82, 2.24) is 0 Å². The summed E-state index contributed by atoms with van der Waals surface area (Å²) in [7, 11) is 0. The molecule has 0 radical (unpaired) electrons. The molecule has 0 saturated carbocycles. The summed E-state index contributed by atoms with van der Waals surface area (Å²) in [5, 5.41) is 2.29. The van der Waals surface area contributed by atoms with Gasteiger partial charge in [0.25, 0.3) is 0 Å². The molecule has 366 valence electrons. The van der Waals surface area contributed by atoms with E-state index < -0.39 is 0 Å². The van der Waals surface area contributed by atoms with Crippen molar-refractivity contribution in [3.05, 3.63) is 105 Å². The number of hydrogen-bond acceptors (Lipinski definition) is 10. The van der Waals surface area contributed by atoms with Gasteiger partial charge in [0.1, 0.15) is 0 Å². The molecule has 8 aromatic heterocycles. The first kappa shape index (κ1) is 51.4. The normalized spacial score (nSPS) is 13.2. The lowest BCUT2D eigenvalue weighted by Gasteiger charge is -2.04. The van der Waals surface area contributed by atoms with Crippen molar-refractivity contribution in [3.8, 4) is 68.3 Å². The van der Waals surface area contributed by atoms with Crippen LogP contribution in [0.3, 0.4) is 0 Å². The predicted molar refractivity (Wildman–Crippen MR) is 314 cm³/mol. The molecule has 9 rings (SSSR count). The summed E-state index contributed by atoms with van der Waals surface area (Å²) >= 11 is 15.8. The molecule has 1 saturated heterocycles. The molecule has 0 amide bonds. The fourth-order valence-electron chi connectivity index (χ4n) is 9.46. The standard InChI is InChI=1S/C59H70O2S8/c1-5-9-13-17-21-40-33-36-62-55(40)48-29-25-44(63-48)45-26-30-49(64-45)56-41(22-18-14-10-6-2)37-52(67-56)53-38-42(23-19-15-11-7-3)57(68-53)50-31-27-46(65-50)47-28-32-51(66-47)58-43(24-20-16-12-8-4)39-54(69-58)59-60-34-35-61-59/h25-33,36-39,59H,5-24,34-35H2,1-4H3. The SMILES string of the molecule is CCCCCCc1ccsc1-c1ccc(-c2ccc(-c3sc(-c4cc(CCCCCC)c(-c5ccc(-c6ccc(-c7sc(C8OCCO8)cc7CCCCCC)s6)s5)s4)cc3CCCCCC)s2)s1. The molecule has 0 aliphatic carbocycles. The van der Waals surface area contributed by atoms with E-state index in [0.29, 0.717) is 13.2 Å². The average molecular weight is 1070 g/mol. The zero-order valence-electron chi connectivity index (χ0n) is 41.2. The Kier molecular flexibility index (Phi) is 19.3. The van der Waals surface area contributed by atoms with E-state index in [0.717, 1.165) is 19.3 Å². The number of thiophene rings is 8. The highest BCUT2D eigenvalue weighted by molar-refractivity contribution is 7.31. The van der Waals surface area contributed by atoms with Crippen LogP contribution in [0.1, 0.15) is 164 Å². The number of ether oxygens (including phenoxy) is 2. The van der Waals surface area contributed by atoms with Gasteiger partial charge in [-0.15, -0.1) is 90.7 Å². The second kappa shape index (κ2) is 26.0. The van der Waals surface area contributed by atoms with Gasteiger partial charge in [-0.2, -0.15) is 0 Å². The molecule has 10 heteroatoms. The lowest BCUT2D eigenvalue weighted by molar-refractivity contribution is -0.0413. The molecule has 0 aromatic carbocycles. The van der Waals surface area contributed by atoms with Crippen molar-refractivity contribution in [3.63, 3.8) is 0 Å². The largest absolute Gasteiger partial charge is 0.345 e. The fourth-order valence-corrected chi connectivity index (χ4v) is 18.9. The van der Waals surface area contributed by atoms with E-state index >= 15 is 0 Å². The molecule has 0 unspecified atom stereocenters. The number of unbranched alkanes of at least 4 members (excludes halogenated alkanes) is 12. The maximum atomic E-state index is 5.97. The zero-order chi connectivity index (χ0) is 47.4. The van der Waals surface area contributed by atoms with E-state index in [-0.39, 0.29) is 6.29 Å². The summed E-state index contributed by atoms with van der Waals surface area (Å²) in [5.41, 5.74) is 6.05. The van der Waals surface area contributed by atoms with Gasteiger partial charge in [-0.1, -0.05) is 105 Å². The van der Waals surface area contributed by atoms with Crippen molar-refractivity contribution in [2.45, 2.75) is 162 Å². The maximum Gasteiger partial charge on any atom is 0.193 e. The third kappa shape index (κ3) is 13.0. The van der Waals surface area contributed by atoms with Gasteiger partial charge in [-0.25, -0.2) is 0 Å². The minimum atomic E-state index is -0.216. The average Bonchev–Trinajstić information content (AvgIpc) is 4.19. The Bertz CT molecular complexity index is 2780. The van der Waals surface area contributed by atoms with E-state index in [1.54, 1.807) is 0 Å². The van der Waals surface area contributed by atoms with Gasteiger partial charge >= 0.3 is 0 Å². The molecule has 0 spiro atoms. The quantitative estimate of drug-likeness (QED) is 0.0455. The van der Waals surface area contributed by atoms with Gasteiger partial charge in [-0.05, 0) is 152 Å². The van der Waals surface area contributed by atoms with Crippen LogP contribution in [0.25, 0.3) is 68.3 Å². The molecular weight excluding hydrogens is 997 g/mol. The molecule has 8 aromatic rings.